The van der Waals surface area contributed by atoms with Gasteiger partial charge in [-0.3, -0.25) is 19.1 Å². The molecule has 1 saturated heterocycles. The van der Waals surface area contributed by atoms with E-state index < -0.39 is 5.25 Å². The fourth-order valence-corrected chi connectivity index (χ4v) is 5.16. The van der Waals surface area contributed by atoms with Gasteiger partial charge < -0.3 is 4.74 Å². The van der Waals surface area contributed by atoms with Crippen molar-refractivity contribution in [2.24, 2.45) is 0 Å². The molecule has 2 heterocycles. The number of carbonyl (C=O) groups excluding carboxylic acids is 2. The summed E-state index contributed by atoms with van der Waals surface area (Å²) in [6.45, 7) is 4.72. The average molecular weight is 497 g/mol. The molecule has 1 aliphatic heterocycles. The van der Waals surface area contributed by atoms with Crippen LogP contribution in [0.1, 0.15) is 29.6 Å². The predicted octanol–water partition coefficient (Wildman–Crippen LogP) is 5.11. The highest BCUT2D eigenvalue weighted by Gasteiger charge is 2.33. The van der Waals surface area contributed by atoms with Gasteiger partial charge in [-0.15, -0.1) is 16.8 Å². The summed E-state index contributed by atoms with van der Waals surface area (Å²) in [6.07, 6.45) is 4.01. The third-order valence-corrected chi connectivity index (χ3v) is 7.09. The first kappa shape index (κ1) is 24.0. The quantitative estimate of drug-likeness (QED) is 0.334. The van der Waals surface area contributed by atoms with Gasteiger partial charge in [0.1, 0.15) is 5.75 Å². The second-order valence-electron chi connectivity index (χ2n) is 7.81. The maximum absolute atomic E-state index is 13.4. The summed E-state index contributed by atoms with van der Waals surface area (Å²) < 4.78 is 7.41. The van der Waals surface area contributed by atoms with Crippen molar-refractivity contribution in [3.63, 3.8) is 0 Å². The highest BCUT2D eigenvalue weighted by Crippen LogP contribution is 2.34. The molecule has 1 fully saturated rings. The minimum atomic E-state index is -0.447. The number of aromatic nitrogens is 3. The number of carbonyl (C=O) groups is 2. The predicted molar refractivity (Wildman–Crippen MR) is 133 cm³/mol. The molecule has 0 spiro atoms. The maximum Gasteiger partial charge on any atom is 0.260 e. The Hall–Kier alpha value is -3.10. The van der Waals surface area contributed by atoms with Gasteiger partial charge in [0.2, 0.25) is 5.91 Å². The molecule has 0 saturated carbocycles. The van der Waals surface area contributed by atoms with Crippen LogP contribution in [0.3, 0.4) is 0 Å². The summed E-state index contributed by atoms with van der Waals surface area (Å²) in [4.78, 5) is 27.9. The van der Waals surface area contributed by atoms with Gasteiger partial charge in [0, 0.05) is 23.7 Å². The number of imide groups is 1. The van der Waals surface area contributed by atoms with E-state index in [1.54, 1.807) is 37.5 Å². The Labute approximate surface area is 207 Å². The lowest BCUT2D eigenvalue weighted by atomic mass is 10.2. The number of likely N-dealkylation sites (tertiary alicyclic amines) is 1. The Balaban J connectivity index is 1.61. The van der Waals surface area contributed by atoms with Crippen LogP contribution in [0.2, 0.25) is 5.02 Å². The number of hydrogen-bond donors (Lipinski definition) is 0. The molecule has 1 aromatic heterocycles. The van der Waals surface area contributed by atoms with Crippen LogP contribution in [0.25, 0.3) is 11.4 Å². The van der Waals surface area contributed by atoms with Crippen LogP contribution in [-0.4, -0.2) is 50.4 Å². The van der Waals surface area contributed by atoms with Crippen molar-refractivity contribution in [3.8, 4) is 17.1 Å². The van der Waals surface area contributed by atoms with Crippen molar-refractivity contribution in [2.75, 3.05) is 13.7 Å². The number of allylic oxidation sites excluding steroid dienone is 1. The van der Waals surface area contributed by atoms with E-state index in [9.17, 15) is 9.59 Å². The fourth-order valence-electron chi connectivity index (χ4n) is 3.89. The number of methoxy groups -OCH3 is 1. The zero-order chi connectivity index (χ0) is 24.1. The summed E-state index contributed by atoms with van der Waals surface area (Å²) in [7, 11) is 1.61. The molecular weight excluding hydrogens is 472 g/mol. The van der Waals surface area contributed by atoms with Gasteiger partial charge in [0.25, 0.3) is 5.91 Å². The molecule has 1 aliphatic rings. The smallest absolute Gasteiger partial charge is 0.260 e. The molecule has 34 heavy (non-hydrogen) atoms. The van der Waals surface area contributed by atoms with Crippen LogP contribution >= 0.6 is 23.4 Å². The van der Waals surface area contributed by atoms with E-state index >= 15 is 0 Å². The van der Waals surface area contributed by atoms with Crippen LogP contribution in [0.4, 0.5) is 0 Å². The summed E-state index contributed by atoms with van der Waals surface area (Å²) in [5, 5.41) is 9.47. The molecular formula is C25H25ClN4O3S. The van der Waals surface area contributed by atoms with Crippen LogP contribution in [0, 0.1) is 0 Å². The molecule has 0 unspecified atom stereocenters. The summed E-state index contributed by atoms with van der Waals surface area (Å²) >= 11 is 7.29. The highest BCUT2D eigenvalue weighted by molar-refractivity contribution is 8.00. The first-order valence-corrected chi connectivity index (χ1v) is 12.2. The van der Waals surface area contributed by atoms with Crippen LogP contribution in [0.5, 0.6) is 5.75 Å². The Kier molecular flexibility index (Phi) is 7.70. The van der Waals surface area contributed by atoms with Gasteiger partial charge in [-0.1, -0.05) is 48.0 Å². The Morgan fingerprint density at radius 1 is 1.21 bits per heavy atom. The zero-order valence-electron chi connectivity index (χ0n) is 18.8. The largest absolute Gasteiger partial charge is 0.496 e. The van der Waals surface area contributed by atoms with E-state index in [1.165, 1.54) is 16.7 Å². The number of thioether (sulfide) groups is 1. The van der Waals surface area contributed by atoms with Crippen molar-refractivity contribution in [1.29, 1.82) is 0 Å². The minimum Gasteiger partial charge on any atom is -0.496 e. The second kappa shape index (κ2) is 10.9. The van der Waals surface area contributed by atoms with Crippen molar-refractivity contribution in [3.05, 3.63) is 71.8 Å². The first-order chi connectivity index (χ1) is 16.5. The average Bonchev–Trinajstić information content (AvgIpc) is 3.15. The fraction of sp³-hybridized carbons (Fsp3) is 0.280. The third-order valence-electron chi connectivity index (χ3n) is 5.60. The Morgan fingerprint density at radius 2 is 1.97 bits per heavy atom. The molecule has 0 aliphatic carbocycles. The Bertz CT molecular complexity index is 1200. The SMILES string of the molecule is C=CCn1c(S[C@H]2CCCCN(C(=O)c3ccc(Cl)cc3)C2=O)nnc1-c1ccccc1OC. The first-order valence-electron chi connectivity index (χ1n) is 11.0. The molecule has 0 N–H and O–H groups in total. The van der Waals surface area contributed by atoms with Crippen molar-refractivity contribution >= 4 is 35.2 Å². The van der Waals surface area contributed by atoms with Crippen molar-refractivity contribution in [1.82, 2.24) is 19.7 Å². The van der Waals surface area contributed by atoms with Crippen LogP contribution < -0.4 is 4.74 Å². The molecule has 4 rings (SSSR count). The minimum absolute atomic E-state index is 0.213. The number of rotatable bonds is 7. The topological polar surface area (TPSA) is 77.3 Å². The lowest BCUT2D eigenvalue weighted by Gasteiger charge is -2.22. The molecule has 2 aromatic carbocycles. The number of ether oxygens (including phenoxy) is 1. The summed E-state index contributed by atoms with van der Waals surface area (Å²) in [5.74, 6) is 0.794. The normalized spacial score (nSPS) is 16.2. The van der Waals surface area contributed by atoms with Gasteiger partial charge in [0.15, 0.2) is 11.0 Å². The molecule has 7 nitrogen and oxygen atoms in total. The lowest BCUT2D eigenvalue weighted by molar-refractivity contribution is -0.127. The van der Waals surface area contributed by atoms with Crippen LogP contribution in [0.15, 0.2) is 66.3 Å². The van der Waals surface area contributed by atoms with Gasteiger partial charge in [0.05, 0.1) is 17.9 Å². The van der Waals surface area contributed by atoms with Crippen molar-refractivity contribution in [2.45, 2.75) is 36.2 Å². The number of halogens is 1. The number of benzene rings is 2. The standard InChI is InChI=1S/C25H25ClN4O3S/c1-3-15-29-22(19-8-4-5-9-20(19)33-2)27-28-25(29)34-21-10-6-7-16-30(24(21)32)23(31)17-11-13-18(26)14-12-17/h3-5,8-9,11-14,21H,1,6-7,10,15-16H2,2H3/t21-/m0/s1. The molecule has 1 atom stereocenters. The summed E-state index contributed by atoms with van der Waals surface area (Å²) in [6, 6.07) is 14.2. The van der Waals surface area contributed by atoms with Crippen molar-refractivity contribution < 1.29 is 14.3 Å². The molecule has 3 aromatic rings. The third kappa shape index (κ3) is 5.03. The number of hydrogen-bond acceptors (Lipinski definition) is 6. The van der Waals surface area contributed by atoms with E-state index in [0.717, 1.165) is 18.4 Å². The number of para-hydroxylation sites is 1. The molecule has 2 amide bonds. The molecule has 0 bridgehead atoms. The maximum atomic E-state index is 13.4. The van der Waals surface area contributed by atoms with E-state index in [1.807, 2.05) is 28.8 Å². The van der Waals surface area contributed by atoms with E-state index in [2.05, 4.69) is 16.8 Å². The summed E-state index contributed by atoms with van der Waals surface area (Å²) in [5.41, 5.74) is 1.25. The van der Waals surface area contributed by atoms with Gasteiger partial charge >= 0.3 is 0 Å². The van der Waals surface area contributed by atoms with Gasteiger partial charge in [-0.25, -0.2) is 0 Å². The van der Waals surface area contributed by atoms with Gasteiger partial charge in [-0.2, -0.15) is 0 Å². The number of amides is 2. The zero-order valence-corrected chi connectivity index (χ0v) is 20.4. The Morgan fingerprint density at radius 3 is 2.71 bits per heavy atom. The van der Waals surface area contributed by atoms with Gasteiger partial charge in [-0.05, 0) is 49.2 Å². The molecule has 0 radical (unpaired) electrons. The number of nitrogens with zero attached hydrogens (tertiary/aromatic N) is 4. The van der Waals surface area contributed by atoms with Crippen LogP contribution in [-0.2, 0) is 11.3 Å². The lowest BCUT2D eigenvalue weighted by Crippen LogP contribution is -2.41. The van der Waals surface area contributed by atoms with E-state index in [0.29, 0.717) is 46.8 Å². The molecule has 9 heteroatoms. The second-order valence-corrected chi connectivity index (χ2v) is 9.42. The monoisotopic (exact) mass is 496 g/mol. The van der Waals surface area contributed by atoms with E-state index in [4.69, 9.17) is 16.3 Å². The molecule has 176 valence electrons. The highest BCUT2D eigenvalue weighted by atomic mass is 35.5. The van der Waals surface area contributed by atoms with E-state index in [-0.39, 0.29) is 11.8 Å².